The number of ether oxygens (including phenoxy) is 3. The molecular weight excluding hydrogens is 465 g/mol. The predicted molar refractivity (Wildman–Crippen MR) is 134 cm³/mol. The van der Waals surface area contributed by atoms with Crippen LogP contribution >= 0.6 is 0 Å². The van der Waals surface area contributed by atoms with E-state index in [1.54, 1.807) is 56.5 Å². The van der Waals surface area contributed by atoms with Crippen LogP contribution < -0.4 is 16.2 Å². The van der Waals surface area contributed by atoms with Gasteiger partial charge in [0, 0.05) is 35.9 Å². The maximum Gasteiger partial charge on any atom is 0.310 e. The number of halogens is 1. The molecule has 0 aliphatic heterocycles. The van der Waals surface area contributed by atoms with Crippen molar-refractivity contribution in [1.82, 2.24) is 5.16 Å². The number of hydrogen-bond donors (Lipinski definition) is 2. The second kappa shape index (κ2) is 11.2. The van der Waals surface area contributed by atoms with Crippen LogP contribution in [0.5, 0.6) is 5.75 Å². The van der Waals surface area contributed by atoms with E-state index in [0.29, 0.717) is 45.6 Å². The lowest BCUT2D eigenvalue weighted by Gasteiger charge is -2.15. The molecule has 0 spiro atoms. The second-order valence-electron chi connectivity index (χ2n) is 8.40. The molecule has 3 aromatic carbocycles. The number of para-hydroxylation sites is 1. The maximum atomic E-state index is 15.1. The van der Waals surface area contributed by atoms with Gasteiger partial charge in [-0.1, -0.05) is 41.6 Å². The first-order chi connectivity index (χ1) is 17.4. The molecule has 0 saturated heterocycles. The van der Waals surface area contributed by atoms with Crippen molar-refractivity contribution < 1.29 is 27.9 Å². The molecule has 0 radical (unpaired) electrons. The van der Waals surface area contributed by atoms with Gasteiger partial charge < -0.3 is 30.2 Å². The van der Waals surface area contributed by atoms with Crippen LogP contribution in [0.2, 0.25) is 0 Å². The monoisotopic (exact) mass is 493 g/mol. The number of rotatable bonds is 10. The summed E-state index contributed by atoms with van der Waals surface area (Å²) in [6.45, 7) is 2.28. The minimum absolute atomic E-state index is 0.0458. The van der Waals surface area contributed by atoms with Crippen LogP contribution in [0.4, 0.5) is 10.2 Å². The summed E-state index contributed by atoms with van der Waals surface area (Å²) in [6.07, 6.45) is -0.308. The Morgan fingerprint density at radius 2 is 1.89 bits per heavy atom. The molecule has 0 aliphatic rings. The lowest BCUT2D eigenvalue weighted by molar-refractivity contribution is -0.149. The molecule has 36 heavy (non-hydrogen) atoms. The molecule has 0 amide bonds. The van der Waals surface area contributed by atoms with Crippen LogP contribution in [0.25, 0.3) is 22.1 Å². The zero-order valence-electron chi connectivity index (χ0n) is 20.1. The molecule has 1 atom stereocenters. The third-order valence-electron chi connectivity index (χ3n) is 5.68. The lowest BCUT2D eigenvalue weighted by atomic mass is 9.98. The predicted octanol–water partition coefficient (Wildman–Crippen LogP) is 4.37. The SMILES string of the molecule is COCC(C)OC(=O)Cc1ccccc1OCc1cc(-c2cccc(CN)c2F)c2onc(N)c2c1. The third kappa shape index (κ3) is 5.48. The Morgan fingerprint density at radius 1 is 1.11 bits per heavy atom. The molecule has 0 fully saturated rings. The van der Waals surface area contributed by atoms with E-state index in [-0.39, 0.29) is 37.5 Å². The molecule has 1 aromatic heterocycles. The summed E-state index contributed by atoms with van der Waals surface area (Å²) in [6, 6.07) is 15.8. The lowest BCUT2D eigenvalue weighted by Crippen LogP contribution is -2.21. The molecule has 0 bridgehead atoms. The summed E-state index contributed by atoms with van der Waals surface area (Å²) in [5, 5.41) is 4.40. The highest BCUT2D eigenvalue weighted by atomic mass is 19.1. The van der Waals surface area contributed by atoms with E-state index < -0.39 is 5.82 Å². The van der Waals surface area contributed by atoms with Crippen molar-refractivity contribution in [2.24, 2.45) is 5.73 Å². The largest absolute Gasteiger partial charge is 0.489 e. The molecule has 4 N–H and O–H groups in total. The number of fused-ring (bicyclic) bond motifs is 1. The molecule has 4 aromatic rings. The summed E-state index contributed by atoms with van der Waals surface area (Å²) in [5.41, 5.74) is 14.7. The number of hydrogen-bond acceptors (Lipinski definition) is 8. The van der Waals surface area contributed by atoms with Crippen molar-refractivity contribution in [1.29, 1.82) is 0 Å². The first kappa shape index (κ1) is 25.2. The van der Waals surface area contributed by atoms with E-state index >= 15 is 4.39 Å². The van der Waals surface area contributed by atoms with Gasteiger partial charge in [-0.15, -0.1) is 0 Å². The Balaban J connectivity index is 1.61. The number of anilines is 1. The van der Waals surface area contributed by atoms with Crippen molar-refractivity contribution >= 4 is 22.8 Å². The van der Waals surface area contributed by atoms with Gasteiger partial charge in [0.2, 0.25) is 0 Å². The molecular formula is C27H28FN3O5. The first-order valence-electron chi connectivity index (χ1n) is 11.5. The fourth-order valence-electron chi connectivity index (χ4n) is 3.99. The summed E-state index contributed by atoms with van der Waals surface area (Å²) in [4.78, 5) is 12.4. The van der Waals surface area contributed by atoms with E-state index in [1.165, 1.54) is 0 Å². The molecule has 0 aliphatic carbocycles. The minimum atomic E-state index is -0.430. The highest BCUT2D eigenvalue weighted by Gasteiger charge is 2.19. The average molecular weight is 494 g/mol. The van der Waals surface area contributed by atoms with E-state index in [2.05, 4.69) is 5.16 Å². The Kier molecular flexibility index (Phi) is 7.82. The van der Waals surface area contributed by atoms with Crippen LogP contribution in [-0.4, -0.2) is 30.9 Å². The number of benzene rings is 3. The van der Waals surface area contributed by atoms with E-state index in [4.69, 9.17) is 30.2 Å². The number of aromatic nitrogens is 1. The van der Waals surface area contributed by atoms with Crippen LogP contribution in [0.3, 0.4) is 0 Å². The van der Waals surface area contributed by atoms with Gasteiger partial charge in [-0.25, -0.2) is 4.39 Å². The molecule has 1 unspecified atom stereocenters. The molecule has 1 heterocycles. The summed E-state index contributed by atoms with van der Waals surface area (Å²) >= 11 is 0. The Morgan fingerprint density at radius 3 is 2.67 bits per heavy atom. The van der Waals surface area contributed by atoms with Gasteiger partial charge in [0.05, 0.1) is 18.4 Å². The minimum Gasteiger partial charge on any atom is -0.489 e. The number of methoxy groups -OCH3 is 1. The number of nitrogens with zero attached hydrogens (tertiary/aromatic N) is 1. The van der Waals surface area contributed by atoms with E-state index in [1.807, 2.05) is 12.1 Å². The normalized spacial score (nSPS) is 12.0. The maximum absolute atomic E-state index is 15.1. The highest BCUT2D eigenvalue weighted by Crippen LogP contribution is 2.35. The smallest absolute Gasteiger partial charge is 0.310 e. The molecule has 8 nitrogen and oxygen atoms in total. The third-order valence-corrected chi connectivity index (χ3v) is 5.68. The molecule has 4 rings (SSSR count). The zero-order valence-corrected chi connectivity index (χ0v) is 20.1. The van der Waals surface area contributed by atoms with Gasteiger partial charge in [-0.3, -0.25) is 4.79 Å². The van der Waals surface area contributed by atoms with Gasteiger partial charge in [-0.05, 0) is 30.7 Å². The zero-order chi connectivity index (χ0) is 25.7. The quantitative estimate of drug-likeness (QED) is 0.312. The van der Waals surface area contributed by atoms with Crippen molar-refractivity contribution in [2.75, 3.05) is 19.5 Å². The average Bonchev–Trinajstić information content (AvgIpc) is 3.24. The number of carbonyl (C=O) groups excluding carboxylic acids is 1. The summed E-state index contributed by atoms with van der Waals surface area (Å²) < 4.78 is 37.0. The van der Waals surface area contributed by atoms with Gasteiger partial charge in [0.15, 0.2) is 11.4 Å². The Hall–Kier alpha value is -3.95. The highest BCUT2D eigenvalue weighted by molar-refractivity contribution is 5.98. The Bertz CT molecular complexity index is 1370. The van der Waals surface area contributed by atoms with Crippen LogP contribution in [0.1, 0.15) is 23.6 Å². The van der Waals surface area contributed by atoms with Crippen molar-refractivity contribution in [3.05, 3.63) is 77.1 Å². The first-order valence-corrected chi connectivity index (χ1v) is 11.5. The standard InChI is InChI=1S/C27H28FN3O5/c1-16(14-33-2)35-24(32)12-18-6-3-4-9-23(18)34-15-17-10-21(26-22(11-17)27(30)31-36-26)20-8-5-7-19(13-29)25(20)28/h3-11,16H,12-15,29H2,1-2H3,(H2,30,31). The number of nitrogen functional groups attached to an aromatic ring is 1. The topological polar surface area (TPSA) is 123 Å². The molecule has 9 heteroatoms. The molecule has 188 valence electrons. The Labute approximate surface area is 207 Å². The fraction of sp³-hybridized carbons (Fsp3) is 0.259. The van der Waals surface area contributed by atoms with E-state index in [9.17, 15) is 4.79 Å². The fourth-order valence-corrected chi connectivity index (χ4v) is 3.99. The van der Waals surface area contributed by atoms with Crippen molar-refractivity contribution in [2.45, 2.75) is 32.6 Å². The van der Waals surface area contributed by atoms with E-state index in [0.717, 1.165) is 5.56 Å². The summed E-state index contributed by atoms with van der Waals surface area (Å²) in [7, 11) is 1.55. The van der Waals surface area contributed by atoms with Crippen molar-refractivity contribution in [3.8, 4) is 16.9 Å². The second-order valence-corrected chi connectivity index (χ2v) is 8.40. The number of carbonyl (C=O) groups is 1. The van der Waals surface area contributed by atoms with Gasteiger partial charge in [0.1, 0.15) is 24.3 Å². The van der Waals surface area contributed by atoms with Gasteiger partial charge in [0.25, 0.3) is 0 Å². The number of nitrogens with two attached hydrogens (primary N) is 2. The number of esters is 1. The molecule has 0 saturated carbocycles. The van der Waals surface area contributed by atoms with Gasteiger partial charge >= 0.3 is 5.97 Å². The summed E-state index contributed by atoms with van der Waals surface area (Å²) in [5.74, 6) is -0.0883. The van der Waals surface area contributed by atoms with Gasteiger partial charge in [-0.2, -0.15) is 0 Å². The van der Waals surface area contributed by atoms with Crippen LogP contribution in [0, 0.1) is 5.82 Å². The van der Waals surface area contributed by atoms with Crippen molar-refractivity contribution in [3.63, 3.8) is 0 Å². The van der Waals surface area contributed by atoms with Crippen LogP contribution in [0.15, 0.2) is 59.1 Å². The van der Waals surface area contributed by atoms with Crippen LogP contribution in [-0.2, 0) is 33.8 Å².